The van der Waals surface area contributed by atoms with Gasteiger partial charge in [-0.05, 0) is 39.9 Å². The highest BCUT2D eigenvalue weighted by Gasteiger charge is 2.17. The lowest BCUT2D eigenvalue weighted by molar-refractivity contribution is 0.214. The summed E-state index contributed by atoms with van der Waals surface area (Å²) in [6.45, 7) is 1.82. The Morgan fingerprint density at radius 3 is 2.62 bits per heavy atom. The standard InChI is InChI=1S/C12H10BrFOS/c1-7-2-3-8(11(14)4-7)12(15)9-5-16-6-10(9)13/h2-6,12,15H,1H3. The predicted octanol–water partition coefficient (Wildman–Crippen LogP) is 4.04. The summed E-state index contributed by atoms with van der Waals surface area (Å²) in [6.07, 6.45) is -0.916. The molecule has 4 heteroatoms. The molecule has 1 nitrogen and oxygen atoms in total. The van der Waals surface area contributed by atoms with E-state index in [4.69, 9.17) is 0 Å². The Kier molecular flexibility index (Phi) is 3.42. The van der Waals surface area contributed by atoms with Gasteiger partial charge in [-0.2, -0.15) is 11.3 Å². The van der Waals surface area contributed by atoms with Gasteiger partial charge in [0.25, 0.3) is 0 Å². The summed E-state index contributed by atoms with van der Waals surface area (Å²) in [7, 11) is 0. The molecule has 0 fully saturated rings. The Morgan fingerprint density at radius 1 is 1.31 bits per heavy atom. The largest absolute Gasteiger partial charge is 0.383 e. The molecule has 1 N–H and O–H groups in total. The van der Waals surface area contributed by atoms with Gasteiger partial charge in [-0.3, -0.25) is 0 Å². The summed E-state index contributed by atoms with van der Waals surface area (Å²) in [5.41, 5.74) is 1.86. The summed E-state index contributed by atoms with van der Waals surface area (Å²) >= 11 is 4.80. The number of benzene rings is 1. The molecule has 0 bridgehead atoms. The summed E-state index contributed by atoms with van der Waals surface area (Å²) in [5, 5.41) is 13.7. The van der Waals surface area contributed by atoms with E-state index in [1.807, 2.05) is 17.7 Å². The van der Waals surface area contributed by atoms with Crippen LogP contribution < -0.4 is 0 Å². The van der Waals surface area contributed by atoms with Crippen molar-refractivity contribution in [3.63, 3.8) is 0 Å². The topological polar surface area (TPSA) is 20.2 Å². The van der Waals surface area contributed by atoms with Crippen molar-refractivity contribution in [2.24, 2.45) is 0 Å². The van der Waals surface area contributed by atoms with Crippen LogP contribution in [-0.2, 0) is 0 Å². The van der Waals surface area contributed by atoms with Gasteiger partial charge in [-0.25, -0.2) is 4.39 Å². The van der Waals surface area contributed by atoms with Crippen LogP contribution in [0.2, 0.25) is 0 Å². The quantitative estimate of drug-likeness (QED) is 0.887. The van der Waals surface area contributed by atoms with Crippen LogP contribution in [0.1, 0.15) is 22.8 Å². The number of aliphatic hydroxyl groups excluding tert-OH is 1. The van der Waals surface area contributed by atoms with Crippen molar-refractivity contribution in [3.8, 4) is 0 Å². The number of aryl methyl sites for hydroxylation is 1. The van der Waals surface area contributed by atoms with Crippen molar-refractivity contribution < 1.29 is 9.50 Å². The summed E-state index contributed by atoms with van der Waals surface area (Å²) in [6, 6.07) is 4.85. The molecular weight excluding hydrogens is 291 g/mol. The molecule has 0 saturated carbocycles. The van der Waals surface area contributed by atoms with Crippen LogP contribution in [-0.4, -0.2) is 5.11 Å². The van der Waals surface area contributed by atoms with Gasteiger partial charge in [0.1, 0.15) is 11.9 Å². The second kappa shape index (κ2) is 4.65. The van der Waals surface area contributed by atoms with Gasteiger partial charge in [-0.1, -0.05) is 12.1 Å². The molecule has 1 atom stereocenters. The highest BCUT2D eigenvalue weighted by molar-refractivity contribution is 9.10. The molecule has 0 aliphatic heterocycles. The first-order chi connectivity index (χ1) is 7.59. The average Bonchev–Trinajstić information content (AvgIpc) is 2.63. The van der Waals surface area contributed by atoms with Crippen molar-refractivity contribution in [2.75, 3.05) is 0 Å². The monoisotopic (exact) mass is 300 g/mol. The maximum Gasteiger partial charge on any atom is 0.129 e. The maximum absolute atomic E-state index is 13.7. The van der Waals surface area contributed by atoms with Crippen molar-refractivity contribution >= 4 is 27.3 Å². The Balaban J connectivity index is 2.41. The van der Waals surface area contributed by atoms with Crippen LogP contribution in [0.3, 0.4) is 0 Å². The molecule has 1 unspecified atom stereocenters. The van der Waals surface area contributed by atoms with Gasteiger partial charge in [0, 0.05) is 21.0 Å². The SMILES string of the molecule is Cc1ccc(C(O)c2cscc2Br)c(F)c1. The van der Waals surface area contributed by atoms with Crippen LogP contribution >= 0.6 is 27.3 Å². The minimum absolute atomic E-state index is 0.310. The summed E-state index contributed by atoms with van der Waals surface area (Å²) < 4.78 is 14.5. The third-order valence-electron chi connectivity index (χ3n) is 2.39. The number of thiophene rings is 1. The van der Waals surface area contributed by atoms with Crippen molar-refractivity contribution in [1.82, 2.24) is 0 Å². The highest BCUT2D eigenvalue weighted by atomic mass is 79.9. The van der Waals surface area contributed by atoms with E-state index in [0.717, 1.165) is 10.0 Å². The minimum atomic E-state index is -0.916. The van der Waals surface area contributed by atoms with E-state index >= 15 is 0 Å². The number of hydrogen-bond donors (Lipinski definition) is 1. The molecule has 2 rings (SSSR count). The molecule has 84 valence electrons. The van der Waals surface area contributed by atoms with Crippen LogP contribution in [0.5, 0.6) is 0 Å². The van der Waals surface area contributed by atoms with Gasteiger partial charge >= 0.3 is 0 Å². The zero-order valence-corrected chi connectivity index (χ0v) is 11.0. The summed E-state index contributed by atoms with van der Waals surface area (Å²) in [4.78, 5) is 0. The van der Waals surface area contributed by atoms with Crippen molar-refractivity contribution in [1.29, 1.82) is 0 Å². The van der Waals surface area contributed by atoms with E-state index in [2.05, 4.69) is 15.9 Å². The van der Waals surface area contributed by atoms with Crippen LogP contribution in [0.25, 0.3) is 0 Å². The molecule has 1 heterocycles. The average molecular weight is 301 g/mol. The molecule has 1 aromatic carbocycles. The van der Waals surface area contributed by atoms with Gasteiger partial charge < -0.3 is 5.11 Å². The maximum atomic E-state index is 13.7. The first kappa shape index (κ1) is 11.8. The fourth-order valence-electron chi connectivity index (χ4n) is 1.51. The molecule has 16 heavy (non-hydrogen) atoms. The van der Waals surface area contributed by atoms with Crippen LogP contribution in [0.15, 0.2) is 33.4 Å². The molecule has 2 aromatic rings. The lowest BCUT2D eigenvalue weighted by atomic mass is 10.0. The summed E-state index contributed by atoms with van der Waals surface area (Å²) in [5.74, 6) is -0.370. The Labute approximate surface area is 106 Å². The molecule has 1 aromatic heterocycles. The first-order valence-electron chi connectivity index (χ1n) is 4.75. The molecule has 0 aliphatic rings. The second-order valence-corrected chi connectivity index (χ2v) is 5.20. The van der Waals surface area contributed by atoms with Gasteiger partial charge in [0.15, 0.2) is 0 Å². The number of halogens is 2. The van der Waals surface area contributed by atoms with Crippen molar-refractivity contribution in [2.45, 2.75) is 13.0 Å². The van der Waals surface area contributed by atoms with Crippen LogP contribution in [0, 0.1) is 12.7 Å². The van der Waals surface area contributed by atoms with E-state index < -0.39 is 6.10 Å². The zero-order valence-electron chi connectivity index (χ0n) is 8.58. The Hall–Kier alpha value is -0.710. The molecule has 0 spiro atoms. The molecule has 0 saturated heterocycles. The van der Waals surface area contributed by atoms with Gasteiger partial charge in [0.2, 0.25) is 0 Å². The normalized spacial score (nSPS) is 12.8. The Morgan fingerprint density at radius 2 is 2.06 bits per heavy atom. The first-order valence-corrected chi connectivity index (χ1v) is 6.49. The van der Waals surface area contributed by atoms with Gasteiger partial charge in [0.05, 0.1) is 0 Å². The van der Waals surface area contributed by atoms with E-state index in [-0.39, 0.29) is 5.82 Å². The van der Waals surface area contributed by atoms with E-state index in [1.54, 1.807) is 12.1 Å². The fraction of sp³-hybridized carbons (Fsp3) is 0.167. The van der Waals surface area contributed by atoms with E-state index in [9.17, 15) is 9.50 Å². The predicted molar refractivity (Wildman–Crippen MR) is 67.2 cm³/mol. The lowest BCUT2D eigenvalue weighted by Gasteiger charge is -2.11. The molecular formula is C12H10BrFOS. The smallest absolute Gasteiger partial charge is 0.129 e. The van der Waals surface area contributed by atoms with E-state index in [1.165, 1.54) is 17.4 Å². The van der Waals surface area contributed by atoms with Crippen molar-refractivity contribution in [3.05, 3.63) is 55.9 Å². The van der Waals surface area contributed by atoms with Gasteiger partial charge in [-0.15, -0.1) is 0 Å². The zero-order chi connectivity index (χ0) is 11.7. The molecule has 0 aliphatic carbocycles. The lowest BCUT2D eigenvalue weighted by Crippen LogP contribution is -2.02. The Bertz CT molecular complexity index is 509. The molecule has 0 amide bonds. The third kappa shape index (κ3) is 2.19. The van der Waals surface area contributed by atoms with Crippen LogP contribution in [0.4, 0.5) is 4.39 Å². The number of rotatable bonds is 2. The molecule has 0 radical (unpaired) electrons. The third-order valence-corrected chi connectivity index (χ3v) is 4.14. The van der Waals surface area contributed by atoms with E-state index in [0.29, 0.717) is 11.1 Å². The number of hydrogen-bond acceptors (Lipinski definition) is 2. The number of aliphatic hydroxyl groups is 1. The minimum Gasteiger partial charge on any atom is -0.383 e. The fourth-order valence-corrected chi connectivity index (χ4v) is 3.04. The highest BCUT2D eigenvalue weighted by Crippen LogP contribution is 2.32. The second-order valence-electron chi connectivity index (χ2n) is 3.60.